The van der Waals surface area contributed by atoms with Gasteiger partial charge >= 0.3 is 7.60 Å². The Morgan fingerprint density at radius 3 is 2.00 bits per heavy atom. The Hall–Kier alpha value is -0.630. The second kappa shape index (κ2) is 6.51. The minimum Gasteiger partial charge on any atom is -0.306 e. The quantitative estimate of drug-likeness (QED) is 0.712. The standard InChI is InChI=1S/C14H23O3P/c1-11(2)16-18(15,17-12(3)4)10-14-9-7-6-8-13(14)5/h6-9,11-12H,10H2,1-5H3. The molecular weight excluding hydrogens is 247 g/mol. The molecule has 0 N–H and O–H groups in total. The van der Waals surface area contributed by atoms with Crippen molar-refractivity contribution in [1.29, 1.82) is 0 Å². The van der Waals surface area contributed by atoms with Crippen LogP contribution in [0.2, 0.25) is 0 Å². The van der Waals surface area contributed by atoms with Crippen molar-refractivity contribution in [3.8, 4) is 0 Å². The first kappa shape index (κ1) is 15.4. The minimum absolute atomic E-state index is 0.112. The zero-order chi connectivity index (χ0) is 13.8. The molecule has 1 aromatic rings. The lowest BCUT2D eigenvalue weighted by Crippen LogP contribution is -2.09. The first-order chi connectivity index (χ1) is 8.32. The van der Waals surface area contributed by atoms with Gasteiger partial charge in [0, 0.05) is 0 Å². The van der Waals surface area contributed by atoms with Crippen molar-refractivity contribution in [2.24, 2.45) is 0 Å². The molecular formula is C14H23O3P. The Morgan fingerprint density at radius 2 is 1.56 bits per heavy atom. The van der Waals surface area contributed by atoms with Gasteiger partial charge in [-0.1, -0.05) is 24.3 Å². The molecule has 0 saturated carbocycles. The Balaban J connectivity index is 2.91. The zero-order valence-corrected chi connectivity index (χ0v) is 12.7. The van der Waals surface area contributed by atoms with Crippen LogP contribution in [0.25, 0.3) is 0 Å². The van der Waals surface area contributed by atoms with Gasteiger partial charge in [0.25, 0.3) is 0 Å². The summed E-state index contributed by atoms with van der Waals surface area (Å²) in [6.45, 7) is 9.48. The van der Waals surface area contributed by atoms with E-state index in [9.17, 15) is 4.57 Å². The molecule has 18 heavy (non-hydrogen) atoms. The van der Waals surface area contributed by atoms with Crippen LogP contribution in [0, 0.1) is 6.92 Å². The topological polar surface area (TPSA) is 35.5 Å². The molecule has 0 aliphatic heterocycles. The summed E-state index contributed by atoms with van der Waals surface area (Å²) in [5.41, 5.74) is 2.12. The summed E-state index contributed by atoms with van der Waals surface area (Å²) in [5.74, 6) is 0. The third-order valence-electron chi connectivity index (χ3n) is 2.37. The fourth-order valence-electron chi connectivity index (χ4n) is 1.74. The van der Waals surface area contributed by atoms with Crippen molar-refractivity contribution in [3.05, 3.63) is 35.4 Å². The molecule has 1 rings (SSSR count). The van der Waals surface area contributed by atoms with E-state index in [1.54, 1.807) is 0 Å². The maximum atomic E-state index is 12.7. The van der Waals surface area contributed by atoms with E-state index in [2.05, 4.69) is 0 Å². The Morgan fingerprint density at radius 1 is 1.06 bits per heavy atom. The van der Waals surface area contributed by atoms with E-state index in [0.717, 1.165) is 11.1 Å². The van der Waals surface area contributed by atoms with E-state index in [4.69, 9.17) is 9.05 Å². The number of hydrogen-bond donors (Lipinski definition) is 0. The van der Waals surface area contributed by atoms with E-state index in [1.165, 1.54) is 0 Å². The van der Waals surface area contributed by atoms with Crippen molar-refractivity contribution >= 4 is 7.60 Å². The van der Waals surface area contributed by atoms with Crippen LogP contribution >= 0.6 is 7.60 Å². The number of hydrogen-bond acceptors (Lipinski definition) is 3. The highest BCUT2D eigenvalue weighted by Gasteiger charge is 2.28. The minimum atomic E-state index is -3.08. The highest BCUT2D eigenvalue weighted by Crippen LogP contribution is 2.53. The lowest BCUT2D eigenvalue weighted by atomic mass is 10.1. The van der Waals surface area contributed by atoms with E-state index in [0.29, 0.717) is 6.16 Å². The maximum absolute atomic E-state index is 12.7. The molecule has 0 unspecified atom stereocenters. The summed E-state index contributed by atoms with van der Waals surface area (Å²) in [6, 6.07) is 7.88. The van der Waals surface area contributed by atoms with Crippen LogP contribution in [0.4, 0.5) is 0 Å². The summed E-state index contributed by atoms with van der Waals surface area (Å²) in [5, 5.41) is 0. The summed E-state index contributed by atoms with van der Waals surface area (Å²) in [7, 11) is -3.08. The monoisotopic (exact) mass is 270 g/mol. The lowest BCUT2D eigenvalue weighted by molar-refractivity contribution is 0.141. The van der Waals surface area contributed by atoms with Crippen LogP contribution in [-0.2, 0) is 19.8 Å². The number of aryl methyl sites for hydroxylation is 1. The average molecular weight is 270 g/mol. The van der Waals surface area contributed by atoms with Gasteiger partial charge in [-0.05, 0) is 45.7 Å². The normalized spacial score (nSPS) is 12.4. The van der Waals surface area contributed by atoms with Crippen molar-refractivity contribution in [2.75, 3.05) is 0 Å². The van der Waals surface area contributed by atoms with E-state index < -0.39 is 7.60 Å². The highest BCUT2D eigenvalue weighted by atomic mass is 31.2. The predicted molar refractivity (Wildman–Crippen MR) is 74.9 cm³/mol. The van der Waals surface area contributed by atoms with E-state index >= 15 is 0 Å². The van der Waals surface area contributed by atoms with Crippen molar-refractivity contribution in [3.63, 3.8) is 0 Å². The van der Waals surface area contributed by atoms with Gasteiger partial charge in [-0.2, -0.15) is 0 Å². The fourth-order valence-corrected chi connectivity index (χ4v) is 3.99. The van der Waals surface area contributed by atoms with Gasteiger partial charge < -0.3 is 9.05 Å². The summed E-state index contributed by atoms with van der Waals surface area (Å²) in [4.78, 5) is 0. The molecule has 0 atom stereocenters. The number of rotatable bonds is 6. The molecule has 3 nitrogen and oxygen atoms in total. The van der Waals surface area contributed by atoms with Gasteiger partial charge in [-0.15, -0.1) is 0 Å². The van der Waals surface area contributed by atoms with Crippen LogP contribution in [-0.4, -0.2) is 12.2 Å². The summed E-state index contributed by atoms with van der Waals surface area (Å²) >= 11 is 0. The second-order valence-electron chi connectivity index (χ2n) is 5.00. The molecule has 0 saturated heterocycles. The third kappa shape index (κ3) is 4.93. The highest BCUT2D eigenvalue weighted by molar-refractivity contribution is 7.53. The van der Waals surface area contributed by atoms with Crippen molar-refractivity contribution in [2.45, 2.75) is 53.0 Å². The Bertz CT molecular complexity index is 413. The molecule has 0 bridgehead atoms. The summed E-state index contributed by atoms with van der Waals surface area (Å²) in [6.07, 6.45) is 0.105. The molecule has 1 aromatic carbocycles. The fraction of sp³-hybridized carbons (Fsp3) is 0.571. The molecule has 0 fully saturated rings. The van der Waals surface area contributed by atoms with Crippen molar-refractivity contribution in [1.82, 2.24) is 0 Å². The molecule has 102 valence electrons. The van der Waals surface area contributed by atoms with E-state index in [1.807, 2.05) is 58.9 Å². The van der Waals surface area contributed by atoms with Crippen molar-refractivity contribution < 1.29 is 13.6 Å². The second-order valence-corrected chi connectivity index (χ2v) is 6.96. The Kier molecular flexibility index (Phi) is 5.58. The maximum Gasteiger partial charge on any atom is 0.335 e. The smallest absolute Gasteiger partial charge is 0.306 e. The first-order valence-electron chi connectivity index (χ1n) is 6.33. The van der Waals surface area contributed by atoms with Gasteiger partial charge in [0.2, 0.25) is 0 Å². The molecule has 0 aromatic heterocycles. The lowest BCUT2D eigenvalue weighted by Gasteiger charge is -2.23. The van der Waals surface area contributed by atoms with Crippen LogP contribution in [0.5, 0.6) is 0 Å². The van der Waals surface area contributed by atoms with Gasteiger partial charge in [0.15, 0.2) is 0 Å². The molecule has 4 heteroatoms. The van der Waals surface area contributed by atoms with Gasteiger partial charge in [-0.3, -0.25) is 4.57 Å². The molecule has 0 radical (unpaired) electrons. The molecule has 0 heterocycles. The van der Waals surface area contributed by atoms with Crippen LogP contribution in [0.15, 0.2) is 24.3 Å². The number of benzene rings is 1. The largest absolute Gasteiger partial charge is 0.335 e. The van der Waals surface area contributed by atoms with Crippen LogP contribution in [0.1, 0.15) is 38.8 Å². The van der Waals surface area contributed by atoms with Crippen LogP contribution in [0.3, 0.4) is 0 Å². The van der Waals surface area contributed by atoms with E-state index in [-0.39, 0.29) is 12.2 Å². The Labute approximate surface area is 110 Å². The van der Waals surface area contributed by atoms with Gasteiger partial charge in [0.05, 0.1) is 18.4 Å². The van der Waals surface area contributed by atoms with Crippen LogP contribution < -0.4 is 0 Å². The van der Waals surface area contributed by atoms with Gasteiger partial charge in [0.1, 0.15) is 0 Å². The average Bonchev–Trinajstić information content (AvgIpc) is 2.18. The van der Waals surface area contributed by atoms with Gasteiger partial charge in [-0.25, -0.2) is 0 Å². The third-order valence-corrected chi connectivity index (χ3v) is 4.58. The summed E-state index contributed by atoms with van der Waals surface area (Å²) < 4.78 is 23.8. The SMILES string of the molecule is Cc1ccccc1CP(=O)(OC(C)C)OC(C)C. The predicted octanol–water partition coefficient (Wildman–Crippen LogP) is 4.54. The first-order valence-corrected chi connectivity index (χ1v) is 8.05. The molecule has 0 amide bonds. The zero-order valence-electron chi connectivity index (χ0n) is 11.8. The molecule has 0 aliphatic rings. The molecule has 0 aliphatic carbocycles. The molecule has 0 spiro atoms.